The summed E-state index contributed by atoms with van der Waals surface area (Å²) in [7, 11) is 0. The topological polar surface area (TPSA) is 64.3 Å². The highest BCUT2D eigenvalue weighted by atomic mass is 16.5. The van der Waals surface area contributed by atoms with E-state index in [0.717, 1.165) is 19.3 Å². The Labute approximate surface area is 91.5 Å². The molecule has 0 bridgehead atoms. The van der Waals surface area contributed by atoms with Gasteiger partial charge in [-0.05, 0) is 19.3 Å². The molecule has 1 rings (SSSR count). The van der Waals surface area contributed by atoms with Gasteiger partial charge in [-0.3, -0.25) is 4.79 Å². The molecule has 1 amide bonds. The molecule has 15 heavy (non-hydrogen) atoms. The average molecular weight is 214 g/mol. The molecule has 3 unspecified atom stereocenters. The van der Waals surface area contributed by atoms with Crippen LogP contribution in [0.1, 0.15) is 33.1 Å². The summed E-state index contributed by atoms with van der Waals surface area (Å²) < 4.78 is 5.48. The van der Waals surface area contributed by atoms with Crippen LogP contribution in [0.5, 0.6) is 0 Å². The lowest BCUT2D eigenvalue weighted by molar-refractivity contribution is -0.126. The fourth-order valence-corrected chi connectivity index (χ4v) is 1.86. The predicted molar refractivity (Wildman–Crippen MR) is 59.4 cm³/mol. The van der Waals surface area contributed by atoms with Gasteiger partial charge in [0.15, 0.2) is 0 Å². The summed E-state index contributed by atoms with van der Waals surface area (Å²) in [5.41, 5.74) is 5.74. The van der Waals surface area contributed by atoms with Crippen LogP contribution >= 0.6 is 0 Å². The standard InChI is InChI=1S/C11H22N2O2/c1-3-8(12)7-13-11(14)9-5-6-15-10(9)4-2/h8-10H,3-7,12H2,1-2H3,(H,13,14). The number of nitrogens with two attached hydrogens (primary N) is 1. The Bertz CT molecular complexity index is 209. The third kappa shape index (κ3) is 3.47. The Morgan fingerprint density at radius 3 is 2.93 bits per heavy atom. The summed E-state index contributed by atoms with van der Waals surface area (Å²) in [5.74, 6) is 0.127. The Kier molecular flexibility index (Phi) is 5.05. The van der Waals surface area contributed by atoms with Crippen LogP contribution in [0, 0.1) is 5.92 Å². The van der Waals surface area contributed by atoms with Gasteiger partial charge in [0, 0.05) is 19.2 Å². The zero-order valence-corrected chi connectivity index (χ0v) is 9.66. The molecule has 4 heteroatoms. The Morgan fingerprint density at radius 1 is 1.60 bits per heavy atom. The van der Waals surface area contributed by atoms with Gasteiger partial charge in [-0.25, -0.2) is 0 Å². The lowest BCUT2D eigenvalue weighted by Crippen LogP contribution is -2.41. The van der Waals surface area contributed by atoms with Crippen molar-refractivity contribution < 1.29 is 9.53 Å². The number of amides is 1. The molecule has 88 valence electrons. The number of carbonyl (C=O) groups is 1. The zero-order valence-electron chi connectivity index (χ0n) is 9.66. The van der Waals surface area contributed by atoms with E-state index < -0.39 is 0 Å². The van der Waals surface area contributed by atoms with Crippen molar-refractivity contribution in [1.29, 1.82) is 0 Å². The molecule has 0 aromatic carbocycles. The highest BCUT2D eigenvalue weighted by Crippen LogP contribution is 2.23. The van der Waals surface area contributed by atoms with Crippen molar-refractivity contribution in [3.8, 4) is 0 Å². The van der Waals surface area contributed by atoms with Crippen LogP contribution < -0.4 is 11.1 Å². The zero-order chi connectivity index (χ0) is 11.3. The van der Waals surface area contributed by atoms with Crippen molar-refractivity contribution in [3.05, 3.63) is 0 Å². The molecule has 3 atom stereocenters. The smallest absolute Gasteiger partial charge is 0.225 e. The van der Waals surface area contributed by atoms with Crippen LogP contribution in [0.2, 0.25) is 0 Å². The Hall–Kier alpha value is -0.610. The largest absolute Gasteiger partial charge is 0.377 e. The van der Waals surface area contributed by atoms with Gasteiger partial charge in [0.25, 0.3) is 0 Å². The van der Waals surface area contributed by atoms with E-state index in [9.17, 15) is 4.79 Å². The molecule has 0 aromatic heterocycles. The maximum absolute atomic E-state index is 11.8. The average Bonchev–Trinajstić information content (AvgIpc) is 2.73. The number of carbonyl (C=O) groups excluding carboxylic acids is 1. The molecule has 0 radical (unpaired) electrons. The number of rotatable bonds is 5. The van der Waals surface area contributed by atoms with Crippen molar-refractivity contribution in [2.45, 2.75) is 45.3 Å². The van der Waals surface area contributed by atoms with Crippen LogP contribution in [0.4, 0.5) is 0 Å². The van der Waals surface area contributed by atoms with Crippen molar-refractivity contribution >= 4 is 5.91 Å². The summed E-state index contributed by atoms with van der Waals surface area (Å²) in [4.78, 5) is 11.8. The summed E-state index contributed by atoms with van der Waals surface area (Å²) in [6.45, 7) is 5.34. The van der Waals surface area contributed by atoms with E-state index in [0.29, 0.717) is 13.2 Å². The van der Waals surface area contributed by atoms with E-state index in [1.165, 1.54) is 0 Å². The van der Waals surface area contributed by atoms with Gasteiger partial charge in [-0.1, -0.05) is 13.8 Å². The first kappa shape index (κ1) is 12.5. The van der Waals surface area contributed by atoms with Gasteiger partial charge in [-0.2, -0.15) is 0 Å². The fraction of sp³-hybridized carbons (Fsp3) is 0.909. The molecule has 1 heterocycles. The normalized spacial score (nSPS) is 27.7. The van der Waals surface area contributed by atoms with Gasteiger partial charge >= 0.3 is 0 Å². The van der Waals surface area contributed by atoms with E-state index in [2.05, 4.69) is 5.32 Å². The van der Waals surface area contributed by atoms with Gasteiger partial charge in [0.05, 0.1) is 12.0 Å². The lowest BCUT2D eigenvalue weighted by atomic mass is 9.98. The van der Waals surface area contributed by atoms with Gasteiger partial charge in [0.2, 0.25) is 5.91 Å². The summed E-state index contributed by atoms with van der Waals surface area (Å²) in [5, 5.41) is 2.90. The number of ether oxygens (including phenoxy) is 1. The summed E-state index contributed by atoms with van der Waals surface area (Å²) in [6, 6.07) is 0.0661. The van der Waals surface area contributed by atoms with Gasteiger partial charge < -0.3 is 15.8 Å². The van der Waals surface area contributed by atoms with Crippen molar-refractivity contribution in [1.82, 2.24) is 5.32 Å². The second-order valence-corrected chi connectivity index (χ2v) is 4.13. The van der Waals surface area contributed by atoms with E-state index in [1.54, 1.807) is 0 Å². The SMILES string of the molecule is CCC(N)CNC(=O)C1CCOC1CC. The van der Waals surface area contributed by atoms with Crippen molar-refractivity contribution in [2.24, 2.45) is 11.7 Å². The molecule has 1 aliphatic heterocycles. The minimum atomic E-state index is 0.0269. The summed E-state index contributed by atoms with van der Waals surface area (Å²) >= 11 is 0. The highest BCUT2D eigenvalue weighted by molar-refractivity contribution is 5.79. The maximum atomic E-state index is 11.8. The van der Waals surface area contributed by atoms with Crippen LogP contribution in [0.3, 0.4) is 0 Å². The minimum Gasteiger partial charge on any atom is -0.377 e. The first-order chi connectivity index (χ1) is 7.19. The molecule has 0 saturated carbocycles. The van der Waals surface area contributed by atoms with E-state index in [4.69, 9.17) is 10.5 Å². The van der Waals surface area contributed by atoms with Gasteiger partial charge in [-0.15, -0.1) is 0 Å². The second-order valence-electron chi connectivity index (χ2n) is 4.13. The number of nitrogens with one attached hydrogen (secondary N) is 1. The maximum Gasteiger partial charge on any atom is 0.225 e. The molecular weight excluding hydrogens is 192 g/mol. The van der Waals surface area contributed by atoms with Crippen molar-refractivity contribution in [2.75, 3.05) is 13.2 Å². The molecule has 1 saturated heterocycles. The minimum absolute atomic E-state index is 0.0269. The molecule has 1 fully saturated rings. The van der Waals surface area contributed by atoms with E-state index >= 15 is 0 Å². The molecule has 1 aliphatic rings. The van der Waals surface area contributed by atoms with Crippen LogP contribution in [-0.2, 0) is 9.53 Å². The molecule has 0 aromatic rings. The van der Waals surface area contributed by atoms with Gasteiger partial charge in [0.1, 0.15) is 0 Å². The first-order valence-electron chi connectivity index (χ1n) is 5.83. The quantitative estimate of drug-likeness (QED) is 0.706. The third-order valence-corrected chi connectivity index (χ3v) is 3.01. The molecule has 0 aliphatic carbocycles. The van der Waals surface area contributed by atoms with Crippen LogP contribution in [0.15, 0.2) is 0 Å². The van der Waals surface area contributed by atoms with Crippen molar-refractivity contribution in [3.63, 3.8) is 0 Å². The molecule has 4 nitrogen and oxygen atoms in total. The van der Waals surface area contributed by atoms with Crippen LogP contribution in [0.25, 0.3) is 0 Å². The second kappa shape index (κ2) is 6.08. The molecule has 0 spiro atoms. The first-order valence-corrected chi connectivity index (χ1v) is 5.83. The third-order valence-electron chi connectivity index (χ3n) is 3.01. The highest BCUT2D eigenvalue weighted by Gasteiger charge is 2.32. The van der Waals surface area contributed by atoms with Crippen LogP contribution in [-0.4, -0.2) is 31.2 Å². The Morgan fingerprint density at radius 2 is 2.33 bits per heavy atom. The fourth-order valence-electron chi connectivity index (χ4n) is 1.86. The Balaban J connectivity index is 2.33. The summed E-state index contributed by atoms with van der Waals surface area (Å²) in [6.07, 6.45) is 2.73. The van der Waals surface area contributed by atoms with E-state index in [-0.39, 0.29) is 24.0 Å². The monoisotopic (exact) mass is 214 g/mol. The number of hydrogen-bond acceptors (Lipinski definition) is 3. The molecular formula is C11H22N2O2. The molecule has 3 N–H and O–H groups in total. The van der Waals surface area contributed by atoms with E-state index in [1.807, 2.05) is 13.8 Å². The number of hydrogen-bond donors (Lipinski definition) is 2. The lowest BCUT2D eigenvalue weighted by Gasteiger charge is -2.17. The predicted octanol–water partition coefficient (Wildman–Crippen LogP) is 0.655.